The summed E-state index contributed by atoms with van der Waals surface area (Å²) in [6.45, 7) is 10.1. The third kappa shape index (κ3) is 12.5. The van der Waals surface area contributed by atoms with Gasteiger partial charge in [-0.2, -0.15) is 0 Å². The molecule has 0 saturated carbocycles. The van der Waals surface area contributed by atoms with E-state index in [0.29, 0.717) is 18.1 Å². The van der Waals surface area contributed by atoms with Gasteiger partial charge >= 0.3 is 8.80 Å². The molecular formula is C19H41NO4SSi. The van der Waals surface area contributed by atoms with Crippen molar-refractivity contribution in [2.24, 2.45) is 0 Å². The maximum Gasteiger partial charge on any atom is 0.500 e. The van der Waals surface area contributed by atoms with Crippen molar-refractivity contribution in [1.82, 2.24) is 4.90 Å². The Labute approximate surface area is 166 Å². The number of hydrogen-bond donors (Lipinski definition) is 0. The molecule has 5 nitrogen and oxygen atoms in total. The zero-order valence-corrected chi connectivity index (χ0v) is 19.5. The summed E-state index contributed by atoms with van der Waals surface area (Å²) >= 11 is 1.45. The summed E-state index contributed by atoms with van der Waals surface area (Å²) in [7, 11) is 0.737. The molecule has 0 spiro atoms. The van der Waals surface area contributed by atoms with Crippen LogP contribution in [0, 0.1) is 0 Å². The highest BCUT2D eigenvalue weighted by Gasteiger charge is 2.38. The fraction of sp³-hybridized carbons (Fsp3) is 0.947. The maximum atomic E-state index is 11.9. The van der Waals surface area contributed by atoms with Crippen molar-refractivity contribution in [2.75, 3.05) is 46.2 Å². The standard InChI is InChI=1S/C19H41NO4SSi/c1-6-9-10-11-12-14-19(21)25-17-13-18-26(22-4,23-5)24-16-15-20(7-2)8-3/h6-18H2,1-5H3. The van der Waals surface area contributed by atoms with Crippen molar-refractivity contribution in [3.8, 4) is 0 Å². The fourth-order valence-electron chi connectivity index (χ4n) is 2.77. The van der Waals surface area contributed by atoms with E-state index >= 15 is 0 Å². The van der Waals surface area contributed by atoms with Crippen LogP contribution >= 0.6 is 11.8 Å². The van der Waals surface area contributed by atoms with Crippen LogP contribution < -0.4 is 0 Å². The minimum absolute atomic E-state index is 0.311. The monoisotopic (exact) mass is 407 g/mol. The Morgan fingerprint density at radius 1 is 0.962 bits per heavy atom. The SMILES string of the molecule is CCCCCCCC(=O)SCCC[Si](OC)(OC)OCCN(CC)CC. The molecule has 0 heterocycles. The molecule has 0 bridgehead atoms. The Hall–Kier alpha value is 0.0769. The predicted molar refractivity (Wildman–Crippen MR) is 114 cm³/mol. The van der Waals surface area contributed by atoms with Gasteiger partial charge in [-0.15, -0.1) is 0 Å². The quantitative estimate of drug-likeness (QED) is 0.245. The van der Waals surface area contributed by atoms with Crippen LogP contribution in [0.5, 0.6) is 0 Å². The summed E-state index contributed by atoms with van der Waals surface area (Å²) < 4.78 is 17.3. The third-order valence-corrected chi connectivity index (χ3v) is 8.49. The van der Waals surface area contributed by atoms with Crippen LogP contribution in [0.15, 0.2) is 0 Å². The smallest absolute Gasteiger partial charge is 0.377 e. The molecule has 0 saturated heterocycles. The van der Waals surface area contributed by atoms with Gasteiger partial charge in [0.1, 0.15) is 0 Å². The van der Waals surface area contributed by atoms with Crippen LogP contribution in [0.3, 0.4) is 0 Å². The highest BCUT2D eigenvalue weighted by molar-refractivity contribution is 8.13. The molecule has 0 fully saturated rings. The molecule has 0 aliphatic rings. The summed E-state index contributed by atoms with van der Waals surface area (Å²) in [6.07, 6.45) is 7.53. The number of nitrogens with zero attached hydrogens (tertiary/aromatic N) is 1. The Bertz CT molecular complexity index is 340. The molecule has 0 aromatic rings. The number of rotatable bonds is 18. The second-order valence-corrected chi connectivity index (χ2v) is 10.6. The van der Waals surface area contributed by atoms with Crippen molar-refractivity contribution in [3.05, 3.63) is 0 Å². The fourth-order valence-corrected chi connectivity index (χ4v) is 5.80. The molecule has 26 heavy (non-hydrogen) atoms. The summed E-state index contributed by atoms with van der Waals surface area (Å²) in [6, 6.07) is 0.759. The zero-order chi connectivity index (χ0) is 19.7. The van der Waals surface area contributed by atoms with E-state index in [1.54, 1.807) is 14.2 Å². The molecule has 0 unspecified atom stereocenters. The zero-order valence-electron chi connectivity index (χ0n) is 17.7. The molecule has 0 aromatic carbocycles. The van der Waals surface area contributed by atoms with Crippen LogP contribution in [-0.4, -0.2) is 65.0 Å². The van der Waals surface area contributed by atoms with Crippen LogP contribution in [0.4, 0.5) is 0 Å². The lowest BCUT2D eigenvalue weighted by Crippen LogP contribution is -2.45. The molecule has 0 aliphatic carbocycles. The van der Waals surface area contributed by atoms with E-state index in [4.69, 9.17) is 13.3 Å². The van der Waals surface area contributed by atoms with Gasteiger partial charge in [0.15, 0.2) is 5.12 Å². The number of carbonyl (C=O) groups excluding carboxylic acids is 1. The molecule has 0 amide bonds. The van der Waals surface area contributed by atoms with Gasteiger partial charge in [0.25, 0.3) is 0 Å². The average Bonchev–Trinajstić information content (AvgIpc) is 2.67. The molecule has 7 heteroatoms. The van der Waals surface area contributed by atoms with Gasteiger partial charge < -0.3 is 18.2 Å². The van der Waals surface area contributed by atoms with E-state index in [1.807, 2.05) is 0 Å². The number of hydrogen-bond acceptors (Lipinski definition) is 6. The van der Waals surface area contributed by atoms with Gasteiger partial charge in [0.05, 0.1) is 6.61 Å². The Morgan fingerprint density at radius 2 is 1.62 bits per heavy atom. The second kappa shape index (κ2) is 17.2. The van der Waals surface area contributed by atoms with Crippen molar-refractivity contribution in [2.45, 2.75) is 71.8 Å². The van der Waals surface area contributed by atoms with E-state index in [2.05, 4.69) is 25.7 Å². The Kier molecular flexibility index (Phi) is 17.2. The van der Waals surface area contributed by atoms with Crippen LogP contribution in [0.25, 0.3) is 0 Å². The Balaban J connectivity index is 3.99. The summed E-state index contributed by atoms with van der Waals surface area (Å²) in [4.78, 5) is 14.2. The maximum absolute atomic E-state index is 11.9. The molecular weight excluding hydrogens is 366 g/mol. The number of thioether (sulfide) groups is 1. The first-order valence-electron chi connectivity index (χ1n) is 10.2. The molecule has 0 atom stereocenters. The van der Waals surface area contributed by atoms with Crippen LogP contribution in [0.2, 0.25) is 6.04 Å². The van der Waals surface area contributed by atoms with Gasteiger partial charge in [-0.25, -0.2) is 0 Å². The summed E-state index contributed by atoms with van der Waals surface area (Å²) in [5.74, 6) is 0.814. The van der Waals surface area contributed by atoms with Crippen molar-refractivity contribution in [1.29, 1.82) is 0 Å². The van der Waals surface area contributed by atoms with E-state index in [9.17, 15) is 4.79 Å². The molecule has 0 N–H and O–H groups in total. The number of likely N-dealkylation sites (N-methyl/N-ethyl adjacent to an activating group) is 1. The van der Waals surface area contributed by atoms with Gasteiger partial charge in [-0.3, -0.25) is 4.79 Å². The third-order valence-electron chi connectivity index (χ3n) is 4.62. The van der Waals surface area contributed by atoms with E-state index in [0.717, 1.165) is 44.3 Å². The first-order valence-corrected chi connectivity index (χ1v) is 13.1. The van der Waals surface area contributed by atoms with Gasteiger partial charge in [-0.1, -0.05) is 58.2 Å². The number of carbonyl (C=O) groups is 1. The molecule has 156 valence electrons. The second-order valence-electron chi connectivity index (χ2n) is 6.45. The van der Waals surface area contributed by atoms with E-state index in [1.165, 1.54) is 37.4 Å². The summed E-state index contributed by atoms with van der Waals surface area (Å²) in [5, 5.41) is 0.311. The van der Waals surface area contributed by atoms with E-state index in [-0.39, 0.29) is 0 Å². The molecule has 0 radical (unpaired) electrons. The summed E-state index contributed by atoms with van der Waals surface area (Å²) in [5.41, 5.74) is 0. The van der Waals surface area contributed by atoms with Crippen molar-refractivity contribution < 1.29 is 18.1 Å². The molecule has 0 aliphatic heterocycles. The highest BCUT2D eigenvalue weighted by atomic mass is 32.2. The Morgan fingerprint density at radius 3 is 2.19 bits per heavy atom. The lowest BCUT2D eigenvalue weighted by molar-refractivity contribution is -0.111. The van der Waals surface area contributed by atoms with Crippen LogP contribution in [-0.2, 0) is 18.1 Å². The lowest BCUT2D eigenvalue weighted by atomic mass is 10.1. The van der Waals surface area contributed by atoms with Gasteiger partial charge in [0, 0.05) is 39.0 Å². The normalized spacial score (nSPS) is 12.1. The van der Waals surface area contributed by atoms with E-state index < -0.39 is 8.80 Å². The first-order chi connectivity index (χ1) is 12.6. The topological polar surface area (TPSA) is 48.0 Å². The number of unbranched alkanes of at least 4 members (excludes halogenated alkanes) is 4. The van der Waals surface area contributed by atoms with Crippen molar-refractivity contribution >= 4 is 25.7 Å². The lowest BCUT2D eigenvalue weighted by Gasteiger charge is -2.28. The minimum Gasteiger partial charge on any atom is -0.377 e. The average molecular weight is 408 g/mol. The molecule has 0 rings (SSSR count). The van der Waals surface area contributed by atoms with Gasteiger partial charge in [-0.05, 0) is 25.9 Å². The van der Waals surface area contributed by atoms with Crippen LogP contribution in [0.1, 0.15) is 65.7 Å². The van der Waals surface area contributed by atoms with Crippen molar-refractivity contribution in [3.63, 3.8) is 0 Å². The highest BCUT2D eigenvalue weighted by Crippen LogP contribution is 2.20. The van der Waals surface area contributed by atoms with Gasteiger partial charge in [0.2, 0.25) is 0 Å². The minimum atomic E-state index is -2.60. The molecule has 0 aromatic heterocycles. The first kappa shape index (κ1) is 26.1. The predicted octanol–water partition coefficient (Wildman–Crippen LogP) is 4.59. The largest absolute Gasteiger partial charge is 0.500 e.